The molecule has 0 spiro atoms. The van der Waals surface area contributed by atoms with Crippen LogP contribution in [0.4, 0.5) is 5.00 Å². The predicted molar refractivity (Wildman–Crippen MR) is 103 cm³/mol. The number of rotatable bonds is 5. The van der Waals surface area contributed by atoms with Crippen molar-refractivity contribution in [2.24, 2.45) is 5.92 Å². The highest BCUT2D eigenvalue weighted by molar-refractivity contribution is 8.00. The average Bonchev–Trinajstić information content (AvgIpc) is 3.22. The summed E-state index contributed by atoms with van der Waals surface area (Å²) in [6.07, 6.45) is 3.84. The van der Waals surface area contributed by atoms with E-state index in [0.29, 0.717) is 5.75 Å². The van der Waals surface area contributed by atoms with Gasteiger partial charge in [0.25, 0.3) is 0 Å². The van der Waals surface area contributed by atoms with Crippen molar-refractivity contribution in [1.29, 1.82) is 0 Å². The van der Waals surface area contributed by atoms with Crippen molar-refractivity contribution in [1.82, 2.24) is 10.3 Å². The SMILES string of the molecule is CC(C)(C)c1cnc(CSc2ccc(NC(=O)[C@@H]3CCCNC3)s2)o1. The van der Waals surface area contributed by atoms with E-state index in [9.17, 15) is 4.79 Å². The second-order valence-electron chi connectivity index (χ2n) is 7.31. The van der Waals surface area contributed by atoms with Gasteiger partial charge in [0.15, 0.2) is 0 Å². The van der Waals surface area contributed by atoms with Gasteiger partial charge < -0.3 is 15.1 Å². The number of oxazole rings is 1. The fraction of sp³-hybridized carbons (Fsp3) is 0.556. The topological polar surface area (TPSA) is 67.2 Å². The van der Waals surface area contributed by atoms with Crippen LogP contribution in [0.25, 0.3) is 0 Å². The lowest BCUT2D eigenvalue weighted by Crippen LogP contribution is -2.37. The summed E-state index contributed by atoms with van der Waals surface area (Å²) in [4.78, 5) is 16.6. The lowest BCUT2D eigenvalue weighted by molar-refractivity contribution is -0.120. The number of aromatic nitrogens is 1. The monoisotopic (exact) mass is 379 g/mol. The Hall–Kier alpha value is -1.31. The van der Waals surface area contributed by atoms with E-state index in [1.807, 2.05) is 18.3 Å². The molecule has 1 aliphatic rings. The third-order valence-electron chi connectivity index (χ3n) is 4.13. The number of piperidine rings is 1. The molecule has 2 N–H and O–H groups in total. The average molecular weight is 380 g/mol. The number of carbonyl (C=O) groups is 1. The molecular formula is C18H25N3O2S2. The molecule has 1 saturated heterocycles. The van der Waals surface area contributed by atoms with Crippen LogP contribution in [0.15, 0.2) is 27.0 Å². The van der Waals surface area contributed by atoms with E-state index in [-0.39, 0.29) is 17.2 Å². The number of thioether (sulfide) groups is 1. The summed E-state index contributed by atoms with van der Waals surface area (Å²) in [7, 11) is 0. The Morgan fingerprint density at radius 1 is 1.48 bits per heavy atom. The maximum Gasteiger partial charge on any atom is 0.229 e. The highest BCUT2D eigenvalue weighted by Gasteiger charge is 2.21. The molecule has 2 aromatic heterocycles. The van der Waals surface area contributed by atoms with Crippen molar-refractivity contribution in [3.63, 3.8) is 0 Å². The zero-order valence-electron chi connectivity index (χ0n) is 14.9. The minimum absolute atomic E-state index is 0.0235. The number of amides is 1. The van der Waals surface area contributed by atoms with Gasteiger partial charge in [0, 0.05) is 12.0 Å². The van der Waals surface area contributed by atoms with Gasteiger partial charge in [0.05, 0.1) is 27.1 Å². The van der Waals surface area contributed by atoms with Gasteiger partial charge in [-0.05, 0) is 31.5 Å². The molecule has 5 nitrogen and oxygen atoms in total. The van der Waals surface area contributed by atoms with Crippen LogP contribution in [-0.4, -0.2) is 24.0 Å². The Kier molecular flexibility index (Phi) is 5.86. The van der Waals surface area contributed by atoms with Crippen molar-refractivity contribution < 1.29 is 9.21 Å². The number of carbonyl (C=O) groups excluding carboxylic acids is 1. The zero-order chi connectivity index (χ0) is 17.9. The van der Waals surface area contributed by atoms with Crippen molar-refractivity contribution >= 4 is 34.0 Å². The molecule has 3 heterocycles. The van der Waals surface area contributed by atoms with Crippen molar-refractivity contribution in [3.05, 3.63) is 30.0 Å². The highest BCUT2D eigenvalue weighted by Crippen LogP contribution is 2.33. The van der Waals surface area contributed by atoms with E-state index in [4.69, 9.17) is 4.42 Å². The largest absolute Gasteiger partial charge is 0.444 e. The number of nitrogens with one attached hydrogen (secondary N) is 2. The van der Waals surface area contributed by atoms with Gasteiger partial charge in [-0.3, -0.25) is 4.79 Å². The van der Waals surface area contributed by atoms with Crippen LogP contribution in [0.2, 0.25) is 0 Å². The molecule has 25 heavy (non-hydrogen) atoms. The molecule has 0 radical (unpaired) electrons. The standard InChI is InChI=1S/C18H25N3O2S2/c1-18(2,3)13-10-20-14(23-13)11-24-16-7-6-15(25-16)21-17(22)12-5-4-8-19-9-12/h6-7,10,12,19H,4-5,8-9,11H2,1-3H3,(H,21,22)/t12-/m1/s1. The molecule has 2 aromatic rings. The van der Waals surface area contributed by atoms with E-state index in [1.54, 1.807) is 23.1 Å². The molecule has 0 aliphatic carbocycles. The van der Waals surface area contributed by atoms with Crippen LogP contribution in [0.5, 0.6) is 0 Å². The highest BCUT2D eigenvalue weighted by atomic mass is 32.2. The summed E-state index contributed by atoms with van der Waals surface area (Å²) in [5, 5.41) is 7.22. The minimum Gasteiger partial charge on any atom is -0.444 e. The molecule has 0 bridgehead atoms. The first-order valence-corrected chi connectivity index (χ1v) is 10.4. The van der Waals surface area contributed by atoms with Gasteiger partial charge in [-0.25, -0.2) is 4.98 Å². The number of thiophene rings is 1. The quantitative estimate of drug-likeness (QED) is 0.760. The van der Waals surface area contributed by atoms with E-state index in [2.05, 4.69) is 36.4 Å². The molecule has 0 aromatic carbocycles. The zero-order valence-corrected chi connectivity index (χ0v) is 16.6. The molecule has 0 saturated carbocycles. The maximum atomic E-state index is 12.3. The summed E-state index contributed by atoms with van der Waals surface area (Å²) in [6, 6.07) is 4.01. The van der Waals surface area contributed by atoms with Crippen LogP contribution in [0, 0.1) is 5.92 Å². The Morgan fingerprint density at radius 3 is 3.00 bits per heavy atom. The van der Waals surface area contributed by atoms with Crippen LogP contribution < -0.4 is 10.6 Å². The predicted octanol–water partition coefficient (Wildman–Crippen LogP) is 4.26. The Bertz CT molecular complexity index is 712. The van der Waals surface area contributed by atoms with Crippen molar-refractivity contribution in [2.75, 3.05) is 18.4 Å². The number of anilines is 1. The summed E-state index contributed by atoms with van der Waals surface area (Å²) in [5.41, 5.74) is -0.0235. The summed E-state index contributed by atoms with van der Waals surface area (Å²) < 4.78 is 6.96. The Labute approximate surface area is 157 Å². The molecule has 7 heteroatoms. The first-order chi connectivity index (χ1) is 11.9. The lowest BCUT2D eigenvalue weighted by atomic mass is 9.94. The fourth-order valence-electron chi connectivity index (χ4n) is 2.62. The second kappa shape index (κ2) is 7.93. The number of hydrogen-bond donors (Lipinski definition) is 2. The van der Waals surface area contributed by atoms with Crippen LogP contribution in [0.1, 0.15) is 45.3 Å². The van der Waals surface area contributed by atoms with Gasteiger partial charge in [-0.1, -0.05) is 20.8 Å². The summed E-state index contributed by atoms with van der Waals surface area (Å²) in [5.74, 6) is 2.53. The first kappa shape index (κ1) is 18.5. The molecule has 0 unspecified atom stereocenters. The number of hydrogen-bond acceptors (Lipinski definition) is 6. The van der Waals surface area contributed by atoms with E-state index >= 15 is 0 Å². The fourth-order valence-corrected chi connectivity index (χ4v) is 4.51. The van der Waals surface area contributed by atoms with E-state index < -0.39 is 0 Å². The van der Waals surface area contributed by atoms with Crippen molar-refractivity contribution in [2.45, 2.75) is 49.0 Å². The van der Waals surface area contributed by atoms with Gasteiger partial charge in [0.1, 0.15) is 5.76 Å². The Morgan fingerprint density at radius 2 is 2.32 bits per heavy atom. The third-order valence-corrected chi connectivity index (χ3v) is 6.34. The normalized spacial score (nSPS) is 18.3. The van der Waals surface area contributed by atoms with Crippen LogP contribution in [-0.2, 0) is 16.0 Å². The van der Waals surface area contributed by atoms with Crippen LogP contribution >= 0.6 is 23.1 Å². The minimum atomic E-state index is -0.0235. The van der Waals surface area contributed by atoms with E-state index in [1.165, 1.54) is 0 Å². The molecular weight excluding hydrogens is 354 g/mol. The first-order valence-electron chi connectivity index (χ1n) is 8.61. The molecule has 1 atom stereocenters. The Balaban J connectivity index is 1.51. The molecule has 3 rings (SSSR count). The van der Waals surface area contributed by atoms with Gasteiger partial charge in [-0.2, -0.15) is 0 Å². The molecule has 136 valence electrons. The molecule has 1 amide bonds. The van der Waals surface area contributed by atoms with Gasteiger partial charge in [0.2, 0.25) is 11.8 Å². The molecule has 1 aliphatic heterocycles. The second-order valence-corrected chi connectivity index (χ2v) is 9.67. The van der Waals surface area contributed by atoms with Gasteiger partial charge in [-0.15, -0.1) is 23.1 Å². The van der Waals surface area contributed by atoms with Gasteiger partial charge >= 0.3 is 0 Å². The third kappa shape index (κ3) is 5.09. The smallest absolute Gasteiger partial charge is 0.229 e. The van der Waals surface area contributed by atoms with Crippen molar-refractivity contribution in [3.8, 4) is 0 Å². The summed E-state index contributed by atoms with van der Waals surface area (Å²) in [6.45, 7) is 8.13. The lowest BCUT2D eigenvalue weighted by Gasteiger charge is -2.21. The van der Waals surface area contributed by atoms with E-state index in [0.717, 1.165) is 46.8 Å². The number of nitrogens with zero attached hydrogens (tertiary/aromatic N) is 1. The summed E-state index contributed by atoms with van der Waals surface area (Å²) >= 11 is 3.28. The maximum absolute atomic E-state index is 12.3. The van der Waals surface area contributed by atoms with Crippen LogP contribution in [0.3, 0.4) is 0 Å². The molecule has 1 fully saturated rings.